The molecule has 0 saturated heterocycles. The Hall–Kier alpha value is -3.15. The predicted molar refractivity (Wildman–Crippen MR) is 81.7 cm³/mol. The van der Waals surface area contributed by atoms with Crippen LogP contribution >= 0.6 is 0 Å². The molecule has 5 nitrogen and oxygen atoms in total. The van der Waals surface area contributed by atoms with Gasteiger partial charge in [0, 0.05) is 5.56 Å². The van der Waals surface area contributed by atoms with Crippen molar-refractivity contribution in [2.75, 3.05) is 0 Å². The number of carbonyl (C=O) groups is 1. The lowest BCUT2D eigenvalue weighted by Gasteiger charge is -2.10. The molecule has 3 rings (SSSR count). The summed E-state index contributed by atoms with van der Waals surface area (Å²) >= 11 is 0. The van der Waals surface area contributed by atoms with E-state index in [-0.39, 0.29) is 5.69 Å². The molecule has 1 aromatic heterocycles. The van der Waals surface area contributed by atoms with Crippen molar-refractivity contribution in [3.8, 4) is 17.0 Å². The van der Waals surface area contributed by atoms with Gasteiger partial charge in [0.05, 0.1) is 5.69 Å². The molecule has 0 aliphatic rings. The van der Waals surface area contributed by atoms with E-state index in [2.05, 4.69) is 10.2 Å². The molecule has 0 saturated carbocycles. The fourth-order valence-corrected chi connectivity index (χ4v) is 2.13. The van der Waals surface area contributed by atoms with Crippen LogP contribution in [0.5, 0.6) is 5.75 Å². The van der Waals surface area contributed by atoms with Crippen molar-refractivity contribution in [2.24, 2.45) is 0 Å². The van der Waals surface area contributed by atoms with Gasteiger partial charge in [-0.05, 0) is 29.8 Å². The second kappa shape index (κ2) is 6.31. The highest BCUT2D eigenvalue weighted by Gasteiger charge is 2.14. The lowest BCUT2D eigenvalue weighted by Crippen LogP contribution is -1.97. The van der Waals surface area contributed by atoms with Gasteiger partial charge in [0.1, 0.15) is 23.9 Å². The average molecular weight is 312 g/mol. The summed E-state index contributed by atoms with van der Waals surface area (Å²) < 4.78 is 19.3. The first-order chi connectivity index (χ1) is 11.1. The van der Waals surface area contributed by atoms with Crippen LogP contribution in [-0.4, -0.2) is 21.3 Å². The van der Waals surface area contributed by atoms with Crippen LogP contribution in [0.25, 0.3) is 11.3 Å². The molecule has 3 aromatic rings. The number of halogens is 1. The van der Waals surface area contributed by atoms with Crippen molar-refractivity contribution < 1.29 is 19.0 Å². The average Bonchev–Trinajstić information content (AvgIpc) is 3.05. The molecule has 0 amide bonds. The summed E-state index contributed by atoms with van der Waals surface area (Å²) in [5, 5.41) is 15.3. The number of nitrogens with one attached hydrogen (secondary N) is 1. The van der Waals surface area contributed by atoms with Crippen LogP contribution in [0.1, 0.15) is 16.1 Å². The third-order valence-electron chi connectivity index (χ3n) is 3.26. The molecular weight excluding hydrogens is 299 g/mol. The number of H-pyrrole nitrogens is 1. The van der Waals surface area contributed by atoms with Crippen molar-refractivity contribution in [3.63, 3.8) is 0 Å². The minimum Gasteiger partial charge on any atom is -0.488 e. The van der Waals surface area contributed by atoms with Gasteiger partial charge in [-0.1, -0.05) is 30.3 Å². The molecule has 116 valence electrons. The quantitative estimate of drug-likeness (QED) is 0.756. The normalized spacial score (nSPS) is 10.5. The summed E-state index contributed by atoms with van der Waals surface area (Å²) in [5.74, 6) is -1.16. The van der Waals surface area contributed by atoms with Gasteiger partial charge < -0.3 is 9.84 Å². The zero-order chi connectivity index (χ0) is 16.2. The number of carboxylic acid groups (broad SMARTS) is 1. The Morgan fingerprint density at radius 3 is 2.65 bits per heavy atom. The monoisotopic (exact) mass is 312 g/mol. The SMILES string of the molecule is O=C(O)c1cc(-c2cc(F)ccc2OCc2ccccc2)n[nH]1. The van der Waals surface area contributed by atoms with E-state index >= 15 is 0 Å². The maximum atomic E-state index is 13.6. The summed E-state index contributed by atoms with van der Waals surface area (Å²) in [4.78, 5) is 10.9. The number of aromatic amines is 1. The van der Waals surface area contributed by atoms with Crippen LogP contribution in [0.3, 0.4) is 0 Å². The van der Waals surface area contributed by atoms with E-state index in [0.29, 0.717) is 23.6 Å². The molecule has 0 aliphatic carbocycles. The summed E-state index contributed by atoms with van der Waals surface area (Å²) in [7, 11) is 0. The molecule has 1 heterocycles. The highest BCUT2D eigenvalue weighted by Crippen LogP contribution is 2.30. The number of rotatable bonds is 5. The van der Waals surface area contributed by atoms with E-state index in [4.69, 9.17) is 9.84 Å². The highest BCUT2D eigenvalue weighted by atomic mass is 19.1. The Morgan fingerprint density at radius 1 is 1.17 bits per heavy atom. The van der Waals surface area contributed by atoms with Crippen LogP contribution in [0.2, 0.25) is 0 Å². The van der Waals surface area contributed by atoms with Gasteiger partial charge >= 0.3 is 5.97 Å². The number of hydrogen-bond donors (Lipinski definition) is 2. The maximum absolute atomic E-state index is 13.6. The van der Waals surface area contributed by atoms with E-state index in [9.17, 15) is 9.18 Å². The van der Waals surface area contributed by atoms with Crippen LogP contribution in [-0.2, 0) is 6.61 Å². The molecule has 0 aliphatic heterocycles. The fourth-order valence-electron chi connectivity index (χ4n) is 2.13. The molecule has 0 bridgehead atoms. The first kappa shape index (κ1) is 14.8. The van der Waals surface area contributed by atoms with Gasteiger partial charge in [-0.25, -0.2) is 9.18 Å². The number of benzene rings is 2. The van der Waals surface area contributed by atoms with Crippen molar-refractivity contribution in [1.29, 1.82) is 0 Å². The highest BCUT2D eigenvalue weighted by molar-refractivity contribution is 5.87. The first-order valence-corrected chi connectivity index (χ1v) is 6.89. The lowest BCUT2D eigenvalue weighted by molar-refractivity contribution is 0.0690. The Morgan fingerprint density at radius 2 is 1.96 bits per heavy atom. The molecule has 23 heavy (non-hydrogen) atoms. The number of hydrogen-bond acceptors (Lipinski definition) is 3. The maximum Gasteiger partial charge on any atom is 0.353 e. The van der Waals surface area contributed by atoms with Gasteiger partial charge in [-0.15, -0.1) is 0 Å². The number of ether oxygens (including phenoxy) is 1. The standard InChI is InChI=1S/C17H13FN2O3/c18-12-6-7-16(23-10-11-4-2-1-3-5-11)13(8-12)14-9-15(17(21)22)20-19-14/h1-9H,10H2,(H,19,20)(H,21,22). The van der Waals surface area contributed by atoms with Crippen molar-refractivity contribution in [3.05, 3.63) is 71.7 Å². The molecule has 6 heteroatoms. The third kappa shape index (κ3) is 3.37. The van der Waals surface area contributed by atoms with E-state index in [1.54, 1.807) is 0 Å². The van der Waals surface area contributed by atoms with Gasteiger partial charge in [-0.2, -0.15) is 5.10 Å². The van der Waals surface area contributed by atoms with Crippen LogP contribution < -0.4 is 4.74 Å². The third-order valence-corrected chi connectivity index (χ3v) is 3.26. The molecular formula is C17H13FN2O3. The van der Waals surface area contributed by atoms with Crippen LogP contribution in [0.4, 0.5) is 4.39 Å². The predicted octanol–water partition coefficient (Wildman–Crippen LogP) is 3.49. The fraction of sp³-hybridized carbons (Fsp3) is 0.0588. The van der Waals surface area contributed by atoms with E-state index in [1.807, 2.05) is 30.3 Å². The zero-order valence-corrected chi connectivity index (χ0v) is 12.0. The topological polar surface area (TPSA) is 75.2 Å². The second-order valence-electron chi connectivity index (χ2n) is 4.89. The van der Waals surface area contributed by atoms with Gasteiger partial charge in [-0.3, -0.25) is 5.10 Å². The molecule has 2 aromatic carbocycles. The van der Waals surface area contributed by atoms with Gasteiger partial charge in [0.25, 0.3) is 0 Å². The zero-order valence-electron chi connectivity index (χ0n) is 12.0. The summed E-state index contributed by atoms with van der Waals surface area (Å²) in [6, 6.07) is 14.9. The number of aromatic nitrogens is 2. The van der Waals surface area contributed by atoms with Gasteiger partial charge in [0.2, 0.25) is 0 Å². The molecule has 0 fully saturated rings. The Bertz CT molecular complexity index is 831. The van der Waals surface area contributed by atoms with Crippen molar-refractivity contribution in [1.82, 2.24) is 10.2 Å². The second-order valence-corrected chi connectivity index (χ2v) is 4.89. The van der Waals surface area contributed by atoms with Crippen LogP contribution in [0, 0.1) is 5.82 Å². The Labute approximate surface area is 131 Å². The minimum absolute atomic E-state index is 0.0710. The Balaban J connectivity index is 1.89. The molecule has 2 N–H and O–H groups in total. The van der Waals surface area contributed by atoms with Gasteiger partial charge in [0.15, 0.2) is 0 Å². The van der Waals surface area contributed by atoms with E-state index in [0.717, 1.165) is 5.56 Å². The smallest absolute Gasteiger partial charge is 0.353 e. The first-order valence-electron chi connectivity index (χ1n) is 6.89. The van der Waals surface area contributed by atoms with Crippen molar-refractivity contribution in [2.45, 2.75) is 6.61 Å². The number of aromatic carboxylic acids is 1. The largest absolute Gasteiger partial charge is 0.488 e. The van der Waals surface area contributed by atoms with E-state index < -0.39 is 11.8 Å². The summed E-state index contributed by atoms with van der Waals surface area (Å²) in [6.07, 6.45) is 0. The summed E-state index contributed by atoms with van der Waals surface area (Å²) in [5.41, 5.74) is 1.60. The molecule has 0 unspecified atom stereocenters. The lowest BCUT2D eigenvalue weighted by atomic mass is 10.1. The molecule has 0 spiro atoms. The van der Waals surface area contributed by atoms with Crippen molar-refractivity contribution >= 4 is 5.97 Å². The minimum atomic E-state index is -1.13. The van der Waals surface area contributed by atoms with E-state index in [1.165, 1.54) is 24.3 Å². The number of nitrogens with zero attached hydrogens (tertiary/aromatic N) is 1. The molecule has 0 radical (unpaired) electrons. The summed E-state index contributed by atoms with van der Waals surface area (Å²) in [6.45, 7) is 0.315. The number of carboxylic acids is 1. The van der Waals surface area contributed by atoms with Crippen LogP contribution in [0.15, 0.2) is 54.6 Å². The Kier molecular flexibility index (Phi) is 4.05. The molecule has 0 atom stereocenters.